The van der Waals surface area contributed by atoms with Crippen LogP contribution in [0.25, 0.3) is 0 Å². The lowest BCUT2D eigenvalue weighted by Gasteiger charge is -2.05. The van der Waals surface area contributed by atoms with Crippen LogP contribution in [0.3, 0.4) is 0 Å². The predicted octanol–water partition coefficient (Wildman–Crippen LogP) is 1.76. The maximum absolute atomic E-state index is 4.54. The van der Waals surface area contributed by atoms with Crippen LogP contribution in [-0.2, 0) is 20.0 Å². The Balaban J connectivity index is 2.50. The van der Waals surface area contributed by atoms with Gasteiger partial charge in [0, 0.05) is 13.5 Å². The molecule has 1 N–H and O–H groups in total. The zero-order valence-electron chi connectivity index (χ0n) is 11.1. The van der Waals surface area contributed by atoms with Crippen LogP contribution < -0.4 is 5.32 Å². The summed E-state index contributed by atoms with van der Waals surface area (Å²) in [6, 6.07) is 0. The molecule has 4 heteroatoms. The predicted molar refractivity (Wildman–Crippen MR) is 66.1 cm³/mol. The molecular weight excluding hydrogens is 200 g/mol. The fourth-order valence-corrected chi connectivity index (χ4v) is 1.55. The fourth-order valence-electron chi connectivity index (χ4n) is 1.55. The first-order valence-electron chi connectivity index (χ1n) is 6.08. The minimum absolute atomic E-state index is 0.610. The van der Waals surface area contributed by atoms with E-state index in [0.717, 1.165) is 31.2 Å². The van der Waals surface area contributed by atoms with Crippen LogP contribution in [0.1, 0.15) is 39.3 Å². The third-order valence-electron chi connectivity index (χ3n) is 2.32. The number of nitrogens with one attached hydrogen (secondary N) is 1. The molecule has 0 aromatic carbocycles. The number of hydrogen-bond acceptors (Lipinski definition) is 3. The van der Waals surface area contributed by atoms with Gasteiger partial charge in [-0.3, -0.25) is 4.68 Å². The largest absolute Gasteiger partial charge is 0.310 e. The Bertz CT molecular complexity index is 315. The van der Waals surface area contributed by atoms with Crippen LogP contribution in [0, 0.1) is 11.8 Å². The third-order valence-corrected chi connectivity index (χ3v) is 2.32. The Hall–Kier alpha value is -0.900. The second-order valence-corrected chi connectivity index (χ2v) is 5.19. The summed E-state index contributed by atoms with van der Waals surface area (Å²) < 4.78 is 1.88. The second-order valence-electron chi connectivity index (χ2n) is 5.19. The van der Waals surface area contributed by atoms with Gasteiger partial charge in [0.1, 0.15) is 5.82 Å². The van der Waals surface area contributed by atoms with Crippen molar-refractivity contribution in [2.75, 3.05) is 6.54 Å². The standard InChI is InChI=1S/C12H24N4/c1-9(2)6-11-14-12(16(5)15-11)8-13-7-10(3)4/h9-10,13H,6-8H2,1-5H3. The Morgan fingerprint density at radius 2 is 1.88 bits per heavy atom. The van der Waals surface area contributed by atoms with Gasteiger partial charge in [0.2, 0.25) is 0 Å². The van der Waals surface area contributed by atoms with Crippen LogP contribution in [0.15, 0.2) is 0 Å². The Morgan fingerprint density at radius 3 is 2.44 bits per heavy atom. The molecule has 0 aliphatic carbocycles. The first-order chi connectivity index (χ1) is 7.49. The van der Waals surface area contributed by atoms with E-state index in [4.69, 9.17) is 0 Å². The zero-order chi connectivity index (χ0) is 12.1. The number of aromatic nitrogens is 3. The van der Waals surface area contributed by atoms with Gasteiger partial charge >= 0.3 is 0 Å². The van der Waals surface area contributed by atoms with E-state index < -0.39 is 0 Å². The van der Waals surface area contributed by atoms with E-state index in [1.165, 1.54) is 0 Å². The second kappa shape index (κ2) is 5.99. The summed E-state index contributed by atoms with van der Waals surface area (Å²) in [7, 11) is 1.96. The maximum Gasteiger partial charge on any atom is 0.151 e. The first-order valence-corrected chi connectivity index (χ1v) is 6.08. The van der Waals surface area contributed by atoms with E-state index in [1.807, 2.05) is 11.7 Å². The molecule has 0 spiro atoms. The van der Waals surface area contributed by atoms with Crippen LogP contribution in [0.2, 0.25) is 0 Å². The van der Waals surface area contributed by atoms with E-state index in [1.54, 1.807) is 0 Å². The first kappa shape index (κ1) is 13.2. The Labute approximate surface area is 98.5 Å². The summed E-state index contributed by atoms with van der Waals surface area (Å²) in [5, 5.41) is 7.80. The molecule has 0 saturated heterocycles. The molecule has 0 aliphatic rings. The summed E-state index contributed by atoms with van der Waals surface area (Å²) in [4.78, 5) is 4.54. The highest BCUT2D eigenvalue weighted by molar-refractivity contribution is 4.93. The van der Waals surface area contributed by atoms with E-state index >= 15 is 0 Å². The molecule has 16 heavy (non-hydrogen) atoms. The molecule has 1 rings (SSSR count). The summed E-state index contributed by atoms with van der Waals surface area (Å²) in [5.74, 6) is 3.26. The van der Waals surface area contributed by atoms with Gasteiger partial charge in [0.25, 0.3) is 0 Å². The highest BCUT2D eigenvalue weighted by Crippen LogP contribution is 2.04. The zero-order valence-corrected chi connectivity index (χ0v) is 11.1. The smallest absolute Gasteiger partial charge is 0.151 e. The topological polar surface area (TPSA) is 42.7 Å². The molecule has 0 bridgehead atoms. The SMILES string of the molecule is CC(C)CNCc1nc(CC(C)C)nn1C. The molecule has 1 heterocycles. The monoisotopic (exact) mass is 224 g/mol. The van der Waals surface area contributed by atoms with E-state index in [2.05, 4.69) is 43.1 Å². The lowest BCUT2D eigenvalue weighted by Crippen LogP contribution is -2.21. The van der Waals surface area contributed by atoms with Crippen LogP contribution in [0.4, 0.5) is 0 Å². The minimum Gasteiger partial charge on any atom is -0.310 e. The van der Waals surface area contributed by atoms with Crippen molar-refractivity contribution in [2.45, 2.75) is 40.7 Å². The van der Waals surface area contributed by atoms with Gasteiger partial charge in [-0.05, 0) is 18.4 Å². The average molecular weight is 224 g/mol. The van der Waals surface area contributed by atoms with Crippen molar-refractivity contribution < 1.29 is 0 Å². The lowest BCUT2D eigenvalue weighted by atomic mass is 10.1. The number of aryl methyl sites for hydroxylation is 1. The molecule has 0 amide bonds. The van der Waals surface area contributed by atoms with Crippen molar-refractivity contribution in [3.63, 3.8) is 0 Å². The molecule has 0 fully saturated rings. The number of rotatable bonds is 6. The van der Waals surface area contributed by atoms with Crippen LogP contribution in [-0.4, -0.2) is 21.3 Å². The van der Waals surface area contributed by atoms with Gasteiger partial charge < -0.3 is 5.32 Å². The van der Waals surface area contributed by atoms with Crippen LogP contribution >= 0.6 is 0 Å². The maximum atomic E-state index is 4.54. The van der Waals surface area contributed by atoms with E-state index in [9.17, 15) is 0 Å². The summed E-state index contributed by atoms with van der Waals surface area (Å²) in [6.07, 6.45) is 0.956. The molecule has 4 nitrogen and oxygen atoms in total. The molecule has 0 unspecified atom stereocenters. The quantitative estimate of drug-likeness (QED) is 0.800. The lowest BCUT2D eigenvalue weighted by molar-refractivity contribution is 0.531. The molecule has 1 aromatic heterocycles. The molecule has 92 valence electrons. The molecule has 1 aromatic rings. The van der Waals surface area contributed by atoms with Gasteiger partial charge in [-0.25, -0.2) is 4.98 Å². The average Bonchev–Trinajstić information content (AvgIpc) is 2.45. The molecule has 0 aliphatic heterocycles. The Kier molecular flexibility index (Phi) is 4.93. The van der Waals surface area contributed by atoms with Crippen LogP contribution in [0.5, 0.6) is 0 Å². The van der Waals surface area contributed by atoms with Crippen molar-refractivity contribution in [1.82, 2.24) is 20.1 Å². The van der Waals surface area contributed by atoms with Gasteiger partial charge in [-0.15, -0.1) is 0 Å². The molecular formula is C12H24N4. The third kappa shape index (κ3) is 4.31. The normalized spacial score (nSPS) is 11.7. The highest BCUT2D eigenvalue weighted by atomic mass is 15.3. The Morgan fingerprint density at radius 1 is 1.19 bits per heavy atom. The van der Waals surface area contributed by atoms with Crippen molar-refractivity contribution >= 4 is 0 Å². The van der Waals surface area contributed by atoms with Crippen molar-refractivity contribution in [3.8, 4) is 0 Å². The summed E-state index contributed by atoms with van der Waals surface area (Å²) in [5.41, 5.74) is 0. The van der Waals surface area contributed by atoms with Gasteiger partial charge in [0.15, 0.2) is 5.82 Å². The van der Waals surface area contributed by atoms with Crippen molar-refractivity contribution in [1.29, 1.82) is 0 Å². The van der Waals surface area contributed by atoms with E-state index in [0.29, 0.717) is 11.8 Å². The summed E-state index contributed by atoms with van der Waals surface area (Å²) >= 11 is 0. The van der Waals surface area contributed by atoms with Gasteiger partial charge in [0.05, 0.1) is 6.54 Å². The molecule has 0 saturated carbocycles. The fraction of sp³-hybridized carbons (Fsp3) is 0.833. The van der Waals surface area contributed by atoms with E-state index in [-0.39, 0.29) is 0 Å². The van der Waals surface area contributed by atoms with Gasteiger partial charge in [-0.2, -0.15) is 5.10 Å². The van der Waals surface area contributed by atoms with Crippen molar-refractivity contribution in [3.05, 3.63) is 11.6 Å². The molecule has 0 radical (unpaired) electrons. The summed E-state index contributed by atoms with van der Waals surface area (Å²) in [6.45, 7) is 10.6. The highest BCUT2D eigenvalue weighted by Gasteiger charge is 2.08. The molecule has 0 atom stereocenters. The number of nitrogens with zero attached hydrogens (tertiary/aromatic N) is 3. The minimum atomic E-state index is 0.610. The van der Waals surface area contributed by atoms with Crippen molar-refractivity contribution in [2.24, 2.45) is 18.9 Å². The number of hydrogen-bond donors (Lipinski definition) is 1. The van der Waals surface area contributed by atoms with Gasteiger partial charge in [-0.1, -0.05) is 27.7 Å².